The summed E-state index contributed by atoms with van der Waals surface area (Å²) in [6, 6.07) is 1.88. The average molecular weight is 223 g/mol. The molecule has 0 aromatic carbocycles. The first-order chi connectivity index (χ1) is 7.52. The van der Waals surface area contributed by atoms with Crippen LogP contribution in [0.2, 0.25) is 0 Å². The van der Waals surface area contributed by atoms with Crippen molar-refractivity contribution in [1.29, 1.82) is 0 Å². The number of hydrogen-bond donors (Lipinski definition) is 2. The lowest BCUT2D eigenvalue weighted by molar-refractivity contribution is -0.132. The van der Waals surface area contributed by atoms with Crippen LogP contribution in [0.5, 0.6) is 0 Å². The van der Waals surface area contributed by atoms with Gasteiger partial charge in [-0.2, -0.15) is 0 Å². The molecule has 0 aliphatic carbocycles. The summed E-state index contributed by atoms with van der Waals surface area (Å²) >= 11 is 0. The normalized spacial score (nSPS) is 12.8. The van der Waals surface area contributed by atoms with Crippen molar-refractivity contribution in [1.82, 2.24) is 15.2 Å². The van der Waals surface area contributed by atoms with Crippen molar-refractivity contribution < 1.29 is 4.79 Å². The van der Waals surface area contributed by atoms with Crippen LogP contribution < -0.4 is 5.32 Å². The average Bonchev–Trinajstić information content (AvgIpc) is 2.69. The highest BCUT2D eigenvalue weighted by Crippen LogP contribution is 2.06. The van der Waals surface area contributed by atoms with Crippen LogP contribution in [0.3, 0.4) is 0 Å². The Morgan fingerprint density at radius 2 is 2.19 bits per heavy atom. The van der Waals surface area contributed by atoms with E-state index in [9.17, 15) is 4.79 Å². The predicted molar refractivity (Wildman–Crippen MR) is 65.0 cm³/mol. The summed E-state index contributed by atoms with van der Waals surface area (Å²) in [5, 5.41) is 3.29. The van der Waals surface area contributed by atoms with Crippen LogP contribution in [0, 0.1) is 5.92 Å². The minimum absolute atomic E-state index is 0.120. The highest BCUT2D eigenvalue weighted by molar-refractivity contribution is 5.81. The molecule has 1 heterocycles. The molecule has 16 heavy (non-hydrogen) atoms. The summed E-state index contributed by atoms with van der Waals surface area (Å²) in [5.74, 6) is 0.416. The quantitative estimate of drug-likeness (QED) is 0.788. The number of amides is 1. The molecule has 0 spiro atoms. The fraction of sp³-hybridized carbons (Fsp3) is 0.583. The maximum absolute atomic E-state index is 11.9. The molecule has 0 radical (unpaired) electrons. The van der Waals surface area contributed by atoms with Crippen LogP contribution in [0.25, 0.3) is 0 Å². The van der Waals surface area contributed by atoms with Crippen LogP contribution in [0.15, 0.2) is 18.5 Å². The lowest BCUT2D eigenvalue weighted by Crippen LogP contribution is -2.46. The summed E-state index contributed by atoms with van der Waals surface area (Å²) < 4.78 is 0. The number of carbonyl (C=O) groups is 1. The number of carbonyl (C=O) groups excluding carboxylic acids is 1. The molecule has 4 heteroatoms. The van der Waals surface area contributed by atoms with Gasteiger partial charge in [-0.25, -0.2) is 0 Å². The Bertz CT molecular complexity index is 317. The molecule has 1 aromatic heterocycles. The van der Waals surface area contributed by atoms with Crippen LogP contribution in [0.1, 0.15) is 19.4 Å². The second kappa shape index (κ2) is 5.70. The van der Waals surface area contributed by atoms with Gasteiger partial charge in [0.1, 0.15) is 0 Å². The number of nitrogens with one attached hydrogen (secondary N) is 2. The molecule has 1 unspecified atom stereocenters. The van der Waals surface area contributed by atoms with E-state index in [0.29, 0.717) is 6.54 Å². The maximum Gasteiger partial charge on any atom is 0.239 e. The fourth-order valence-corrected chi connectivity index (χ4v) is 1.58. The SMILES string of the molecule is CC(C)C(NCc1cc[nH]c1)C(=O)N(C)C. The lowest BCUT2D eigenvalue weighted by atomic mass is 10.0. The standard InChI is InChI=1S/C12H21N3O/c1-9(2)11(12(16)15(3)4)14-8-10-5-6-13-7-10/h5-7,9,11,13-14H,8H2,1-4H3. The highest BCUT2D eigenvalue weighted by Gasteiger charge is 2.22. The van der Waals surface area contributed by atoms with E-state index < -0.39 is 0 Å². The van der Waals surface area contributed by atoms with Gasteiger partial charge in [-0.3, -0.25) is 4.79 Å². The van der Waals surface area contributed by atoms with Gasteiger partial charge in [-0.05, 0) is 17.5 Å². The Hall–Kier alpha value is -1.29. The summed E-state index contributed by atoms with van der Waals surface area (Å²) in [5.41, 5.74) is 1.16. The van der Waals surface area contributed by atoms with Crippen molar-refractivity contribution >= 4 is 5.91 Å². The smallest absolute Gasteiger partial charge is 0.239 e. The molecular formula is C12H21N3O. The van der Waals surface area contributed by atoms with Crippen LogP contribution in [-0.2, 0) is 11.3 Å². The van der Waals surface area contributed by atoms with Crippen molar-refractivity contribution in [2.45, 2.75) is 26.4 Å². The second-order valence-electron chi connectivity index (χ2n) is 4.55. The Kier molecular flexibility index (Phi) is 4.55. The van der Waals surface area contributed by atoms with Crippen molar-refractivity contribution in [3.05, 3.63) is 24.0 Å². The zero-order valence-corrected chi connectivity index (χ0v) is 10.4. The van der Waals surface area contributed by atoms with Crippen LogP contribution in [0.4, 0.5) is 0 Å². The maximum atomic E-state index is 11.9. The van der Waals surface area contributed by atoms with Gasteiger partial charge in [0, 0.05) is 33.0 Å². The van der Waals surface area contributed by atoms with Gasteiger partial charge in [0.15, 0.2) is 0 Å². The van der Waals surface area contributed by atoms with Crippen molar-refractivity contribution in [3.63, 3.8) is 0 Å². The molecule has 0 bridgehead atoms. The summed E-state index contributed by atoms with van der Waals surface area (Å²) in [4.78, 5) is 16.5. The number of aromatic nitrogens is 1. The molecule has 1 rings (SSSR count). The van der Waals surface area contributed by atoms with E-state index in [0.717, 1.165) is 5.56 Å². The number of nitrogens with zero attached hydrogens (tertiary/aromatic N) is 1. The van der Waals surface area contributed by atoms with E-state index in [-0.39, 0.29) is 17.9 Å². The monoisotopic (exact) mass is 223 g/mol. The van der Waals surface area contributed by atoms with Crippen molar-refractivity contribution in [2.24, 2.45) is 5.92 Å². The molecule has 0 aliphatic heterocycles. The topological polar surface area (TPSA) is 48.1 Å². The molecule has 4 nitrogen and oxygen atoms in total. The van der Waals surface area contributed by atoms with Gasteiger partial charge in [0.25, 0.3) is 0 Å². The molecule has 1 aromatic rings. The molecule has 2 N–H and O–H groups in total. The number of likely N-dealkylation sites (N-methyl/N-ethyl adjacent to an activating group) is 1. The van der Waals surface area contributed by atoms with Crippen molar-refractivity contribution in [3.8, 4) is 0 Å². The third-order valence-electron chi connectivity index (χ3n) is 2.56. The molecular weight excluding hydrogens is 202 g/mol. The third kappa shape index (κ3) is 3.38. The molecule has 0 fully saturated rings. The van der Waals surface area contributed by atoms with E-state index in [1.54, 1.807) is 19.0 Å². The highest BCUT2D eigenvalue weighted by atomic mass is 16.2. The minimum Gasteiger partial charge on any atom is -0.367 e. The molecule has 90 valence electrons. The zero-order valence-electron chi connectivity index (χ0n) is 10.4. The Morgan fingerprint density at radius 1 is 1.50 bits per heavy atom. The van der Waals surface area contributed by atoms with E-state index >= 15 is 0 Å². The number of aromatic amines is 1. The van der Waals surface area contributed by atoms with Gasteiger partial charge < -0.3 is 15.2 Å². The first-order valence-electron chi connectivity index (χ1n) is 5.58. The van der Waals surface area contributed by atoms with E-state index in [1.165, 1.54) is 0 Å². The number of rotatable bonds is 5. The number of hydrogen-bond acceptors (Lipinski definition) is 2. The molecule has 1 atom stereocenters. The molecule has 0 saturated heterocycles. The van der Waals surface area contributed by atoms with Gasteiger partial charge in [-0.15, -0.1) is 0 Å². The Labute approximate surface area is 97.0 Å². The second-order valence-corrected chi connectivity index (χ2v) is 4.55. The first-order valence-corrected chi connectivity index (χ1v) is 5.58. The van der Waals surface area contributed by atoms with E-state index in [1.807, 2.05) is 18.5 Å². The third-order valence-corrected chi connectivity index (χ3v) is 2.56. The first kappa shape index (κ1) is 12.8. The van der Waals surface area contributed by atoms with Crippen LogP contribution >= 0.6 is 0 Å². The van der Waals surface area contributed by atoms with Crippen molar-refractivity contribution in [2.75, 3.05) is 14.1 Å². The van der Waals surface area contributed by atoms with Gasteiger partial charge >= 0.3 is 0 Å². The molecule has 0 aliphatic rings. The van der Waals surface area contributed by atoms with E-state index in [2.05, 4.69) is 24.1 Å². The Morgan fingerprint density at radius 3 is 2.62 bits per heavy atom. The largest absolute Gasteiger partial charge is 0.367 e. The molecule has 1 amide bonds. The van der Waals surface area contributed by atoms with E-state index in [4.69, 9.17) is 0 Å². The predicted octanol–water partition coefficient (Wildman–Crippen LogP) is 1.22. The summed E-state index contributed by atoms with van der Waals surface area (Å²) in [6.07, 6.45) is 3.82. The molecule has 0 saturated carbocycles. The van der Waals surface area contributed by atoms with Gasteiger partial charge in [0.2, 0.25) is 5.91 Å². The van der Waals surface area contributed by atoms with Gasteiger partial charge in [-0.1, -0.05) is 13.8 Å². The van der Waals surface area contributed by atoms with Crippen LogP contribution in [-0.4, -0.2) is 35.9 Å². The summed E-state index contributed by atoms with van der Waals surface area (Å²) in [7, 11) is 3.57. The Balaban J connectivity index is 2.55. The minimum atomic E-state index is -0.120. The lowest BCUT2D eigenvalue weighted by Gasteiger charge is -2.24. The summed E-state index contributed by atoms with van der Waals surface area (Å²) in [6.45, 7) is 4.82. The van der Waals surface area contributed by atoms with Gasteiger partial charge in [0.05, 0.1) is 6.04 Å². The number of H-pyrrole nitrogens is 1. The fourth-order valence-electron chi connectivity index (χ4n) is 1.58. The zero-order chi connectivity index (χ0) is 12.1.